The average molecular weight is 516 g/mol. The third kappa shape index (κ3) is 6.99. The van der Waals surface area contributed by atoms with Crippen molar-refractivity contribution in [2.45, 2.75) is 26.4 Å². The molecule has 0 spiro atoms. The molecule has 1 N–H and O–H groups in total. The van der Waals surface area contributed by atoms with E-state index in [2.05, 4.69) is 5.32 Å². The first kappa shape index (κ1) is 26.8. The third-order valence-electron chi connectivity index (χ3n) is 4.88. The molecule has 1 atom stereocenters. The van der Waals surface area contributed by atoms with Crippen molar-refractivity contribution >= 4 is 50.7 Å². The number of rotatable bonds is 10. The topological polar surface area (TPSA) is 96.0 Å². The molecule has 2 aromatic carbocycles. The van der Waals surface area contributed by atoms with Crippen LogP contribution in [0.25, 0.3) is 0 Å². The van der Waals surface area contributed by atoms with Crippen molar-refractivity contribution in [1.82, 2.24) is 10.2 Å². The number of carbonyl (C=O) groups excluding carboxylic acids is 2. The number of benzene rings is 2. The zero-order valence-corrected chi connectivity index (χ0v) is 21.2. The molecule has 0 unspecified atom stereocenters. The van der Waals surface area contributed by atoms with Gasteiger partial charge in [-0.3, -0.25) is 13.9 Å². The minimum atomic E-state index is -3.90. The minimum absolute atomic E-state index is 0.00788. The Labute approximate surface area is 204 Å². The maximum absolute atomic E-state index is 13.4. The molecule has 0 saturated heterocycles. The molecule has 0 aliphatic heterocycles. The molecule has 0 aliphatic rings. The van der Waals surface area contributed by atoms with Gasteiger partial charge < -0.3 is 15.0 Å². The van der Waals surface area contributed by atoms with Gasteiger partial charge in [0.2, 0.25) is 21.8 Å². The molecule has 0 aliphatic carbocycles. The summed E-state index contributed by atoms with van der Waals surface area (Å²) < 4.78 is 31.2. The van der Waals surface area contributed by atoms with Crippen molar-refractivity contribution in [2.24, 2.45) is 0 Å². The molecule has 2 aromatic rings. The van der Waals surface area contributed by atoms with E-state index >= 15 is 0 Å². The summed E-state index contributed by atoms with van der Waals surface area (Å²) in [6.45, 7) is 3.24. The highest BCUT2D eigenvalue weighted by molar-refractivity contribution is 7.92. The Hall–Kier alpha value is -2.49. The van der Waals surface area contributed by atoms with E-state index < -0.39 is 28.5 Å². The van der Waals surface area contributed by atoms with Gasteiger partial charge in [-0.1, -0.05) is 41.4 Å². The lowest BCUT2D eigenvalue weighted by atomic mass is 10.1. The number of amides is 2. The Morgan fingerprint density at radius 3 is 2.42 bits per heavy atom. The van der Waals surface area contributed by atoms with Crippen LogP contribution >= 0.6 is 23.2 Å². The van der Waals surface area contributed by atoms with E-state index in [9.17, 15) is 18.0 Å². The Morgan fingerprint density at radius 1 is 1.15 bits per heavy atom. The lowest BCUT2D eigenvalue weighted by Gasteiger charge is -2.31. The van der Waals surface area contributed by atoms with Crippen LogP contribution in [0.5, 0.6) is 5.75 Å². The van der Waals surface area contributed by atoms with Gasteiger partial charge in [-0.25, -0.2) is 8.42 Å². The van der Waals surface area contributed by atoms with E-state index in [-0.39, 0.29) is 28.2 Å². The van der Waals surface area contributed by atoms with Gasteiger partial charge in [0.1, 0.15) is 18.3 Å². The highest BCUT2D eigenvalue weighted by Crippen LogP contribution is 2.33. The molecular weight excluding hydrogens is 489 g/mol. The summed E-state index contributed by atoms with van der Waals surface area (Å²) >= 11 is 12.3. The zero-order chi connectivity index (χ0) is 24.8. The fourth-order valence-corrected chi connectivity index (χ4v) is 4.45. The number of hydrogen-bond acceptors (Lipinski definition) is 5. The number of hydrogen-bond donors (Lipinski definition) is 1. The quantitative estimate of drug-likeness (QED) is 0.523. The van der Waals surface area contributed by atoms with Crippen molar-refractivity contribution in [3.63, 3.8) is 0 Å². The van der Waals surface area contributed by atoms with Gasteiger partial charge in [-0.05, 0) is 43.7 Å². The number of carbonyl (C=O) groups is 2. The number of halogens is 2. The monoisotopic (exact) mass is 515 g/mol. The summed E-state index contributed by atoms with van der Waals surface area (Å²) in [5.41, 5.74) is 0.789. The van der Waals surface area contributed by atoms with Crippen LogP contribution in [0.4, 0.5) is 5.69 Å². The molecular formula is C22H27Cl2N3O5S. The lowest BCUT2D eigenvalue weighted by molar-refractivity contribution is -0.139. The van der Waals surface area contributed by atoms with E-state index in [1.807, 2.05) is 0 Å². The van der Waals surface area contributed by atoms with Crippen LogP contribution < -0.4 is 14.4 Å². The van der Waals surface area contributed by atoms with Crippen molar-refractivity contribution < 1.29 is 22.7 Å². The molecule has 2 rings (SSSR count). The molecule has 0 heterocycles. The minimum Gasteiger partial charge on any atom is -0.497 e. The molecule has 0 fully saturated rings. The van der Waals surface area contributed by atoms with Crippen LogP contribution in [-0.4, -0.2) is 57.6 Å². The smallest absolute Gasteiger partial charge is 0.244 e. The third-order valence-corrected chi connectivity index (χ3v) is 6.82. The van der Waals surface area contributed by atoms with Gasteiger partial charge in [0.05, 0.1) is 29.1 Å². The van der Waals surface area contributed by atoms with Crippen LogP contribution in [0, 0.1) is 0 Å². The van der Waals surface area contributed by atoms with Gasteiger partial charge in [-0.2, -0.15) is 0 Å². The average Bonchev–Trinajstić information content (AvgIpc) is 2.77. The van der Waals surface area contributed by atoms with Crippen LogP contribution in [0.2, 0.25) is 10.0 Å². The highest BCUT2D eigenvalue weighted by atomic mass is 35.5. The normalized spacial score (nSPS) is 12.1. The molecule has 8 nitrogen and oxygen atoms in total. The molecule has 0 saturated carbocycles. The zero-order valence-electron chi connectivity index (χ0n) is 18.8. The van der Waals surface area contributed by atoms with Crippen LogP contribution in [0.15, 0.2) is 42.5 Å². The fraction of sp³-hybridized carbons (Fsp3) is 0.364. The summed E-state index contributed by atoms with van der Waals surface area (Å²) in [6, 6.07) is 10.7. The predicted octanol–water partition coefficient (Wildman–Crippen LogP) is 3.32. The van der Waals surface area contributed by atoms with Gasteiger partial charge in [-0.15, -0.1) is 0 Å². The summed E-state index contributed by atoms with van der Waals surface area (Å²) in [5, 5.41) is 2.85. The number of ether oxygens (including phenoxy) is 1. The maximum Gasteiger partial charge on any atom is 0.244 e. The highest BCUT2D eigenvalue weighted by Gasteiger charge is 2.31. The van der Waals surface area contributed by atoms with Crippen LogP contribution in [-0.2, 0) is 26.2 Å². The second kappa shape index (κ2) is 11.6. The largest absolute Gasteiger partial charge is 0.497 e. The first-order valence-electron chi connectivity index (χ1n) is 10.1. The Kier molecular flexibility index (Phi) is 9.39. The van der Waals surface area contributed by atoms with Crippen molar-refractivity contribution in [3.05, 3.63) is 58.1 Å². The van der Waals surface area contributed by atoms with Gasteiger partial charge >= 0.3 is 0 Å². The van der Waals surface area contributed by atoms with Gasteiger partial charge in [0, 0.05) is 13.1 Å². The molecule has 2 amide bonds. The summed E-state index contributed by atoms with van der Waals surface area (Å²) in [6.07, 6.45) is 0.969. The number of sulfonamides is 1. The summed E-state index contributed by atoms with van der Waals surface area (Å²) in [4.78, 5) is 27.3. The Morgan fingerprint density at radius 2 is 1.82 bits per heavy atom. The maximum atomic E-state index is 13.4. The molecule has 0 radical (unpaired) electrons. The van der Waals surface area contributed by atoms with Crippen LogP contribution in [0.1, 0.15) is 19.4 Å². The number of likely N-dealkylation sites (N-methyl/N-ethyl adjacent to an activating group) is 1. The van der Waals surface area contributed by atoms with E-state index in [0.717, 1.165) is 10.6 Å². The van der Waals surface area contributed by atoms with Gasteiger partial charge in [0.15, 0.2) is 0 Å². The standard InChI is InChI=1S/C22H27Cl2N3O5S/c1-5-25-22(29)15(2)26(13-16-8-6-9-17(12-16)32-3)20(28)14-27(33(4,30)31)19-11-7-10-18(23)21(19)24/h6-12,15H,5,13-14H2,1-4H3,(H,25,29)/t15-/m1/s1. The number of anilines is 1. The van der Waals surface area contributed by atoms with E-state index in [0.29, 0.717) is 17.9 Å². The Balaban J connectivity index is 2.44. The van der Waals surface area contributed by atoms with E-state index in [1.165, 1.54) is 30.2 Å². The molecule has 0 aromatic heterocycles. The van der Waals surface area contributed by atoms with Gasteiger partial charge in [0.25, 0.3) is 0 Å². The second-order valence-corrected chi connectivity index (χ2v) is 9.98. The molecule has 180 valence electrons. The number of nitrogens with one attached hydrogen (secondary N) is 1. The predicted molar refractivity (Wildman–Crippen MR) is 130 cm³/mol. The summed E-state index contributed by atoms with van der Waals surface area (Å²) in [7, 11) is -2.38. The fourth-order valence-electron chi connectivity index (χ4n) is 3.15. The van der Waals surface area contributed by atoms with Crippen LogP contribution in [0.3, 0.4) is 0 Å². The van der Waals surface area contributed by atoms with Crippen molar-refractivity contribution in [1.29, 1.82) is 0 Å². The first-order chi connectivity index (χ1) is 15.5. The van der Waals surface area contributed by atoms with E-state index in [4.69, 9.17) is 27.9 Å². The molecule has 0 bridgehead atoms. The summed E-state index contributed by atoms with van der Waals surface area (Å²) in [5.74, 6) is -0.354. The first-order valence-corrected chi connectivity index (χ1v) is 12.7. The number of methoxy groups -OCH3 is 1. The van der Waals surface area contributed by atoms with E-state index in [1.54, 1.807) is 38.1 Å². The molecule has 11 heteroatoms. The molecule has 33 heavy (non-hydrogen) atoms. The van der Waals surface area contributed by atoms with Crippen molar-refractivity contribution in [2.75, 3.05) is 30.8 Å². The second-order valence-electron chi connectivity index (χ2n) is 7.29. The number of nitrogens with zero attached hydrogens (tertiary/aromatic N) is 2. The lowest BCUT2D eigenvalue weighted by Crippen LogP contribution is -2.51. The SMILES string of the molecule is CCNC(=O)[C@@H](C)N(Cc1cccc(OC)c1)C(=O)CN(c1cccc(Cl)c1Cl)S(C)(=O)=O. The van der Waals surface area contributed by atoms with Crippen molar-refractivity contribution in [3.8, 4) is 5.75 Å². The Bertz CT molecular complexity index is 1110.